The van der Waals surface area contributed by atoms with E-state index in [0.29, 0.717) is 0 Å². The van der Waals surface area contributed by atoms with Gasteiger partial charge in [0.05, 0.1) is 13.1 Å². The summed E-state index contributed by atoms with van der Waals surface area (Å²) < 4.78 is 1.29. The molecule has 0 spiro atoms. The molecule has 3 N–H and O–H groups in total. The number of nitrogens with zero attached hydrogens (tertiary/aromatic N) is 2. The lowest BCUT2D eigenvalue weighted by Crippen LogP contribution is -2.19. The van der Waals surface area contributed by atoms with Crippen LogP contribution in [-0.2, 0) is 0 Å². The van der Waals surface area contributed by atoms with Gasteiger partial charge in [0.1, 0.15) is 11.7 Å². The molecule has 8 heteroatoms. The number of H-pyrrole nitrogens is 1. The molecule has 4 heterocycles. The fourth-order valence-corrected chi connectivity index (χ4v) is 4.98. The lowest BCUT2D eigenvalue weighted by molar-refractivity contribution is 0.960. The highest BCUT2D eigenvalue weighted by Crippen LogP contribution is 2.28. The van der Waals surface area contributed by atoms with E-state index in [4.69, 9.17) is 0 Å². The second-order valence-corrected chi connectivity index (χ2v) is 8.69. The number of benzene rings is 2. The molecule has 0 saturated carbocycles. The number of hydrogen-bond donors (Lipinski definition) is 3. The zero-order valence-corrected chi connectivity index (χ0v) is 19.7. The van der Waals surface area contributed by atoms with Gasteiger partial charge in [-0.05, 0) is 53.9 Å². The van der Waals surface area contributed by atoms with Crippen LogP contribution >= 0.6 is 36.2 Å². The summed E-state index contributed by atoms with van der Waals surface area (Å²) >= 11 is 1.81. The molecule has 0 atom stereocenters. The maximum atomic E-state index is 4.53. The molecule has 0 aliphatic carbocycles. The number of thiophene rings is 1. The lowest BCUT2D eigenvalue weighted by Gasteiger charge is -2.01. The summed E-state index contributed by atoms with van der Waals surface area (Å²) in [6, 6.07) is 17.5. The Morgan fingerprint density at radius 1 is 0.750 bits per heavy atom. The standard InChI is InChI=1S/C24H21N5S.2ClH/c1-2-17(24-27-9-10-28-24)14-21-15(1)12-19(29-21)4-5-20-13-18-11-16(3-6-22(18)30-20)23-25-7-8-26-23;;/h1-6,11-14,29H,7-10H2,(H,25,26)(H,27,28);2*1H/b5-4+;;. The van der Waals surface area contributed by atoms with Crippen molar-refractivity contribution in [1.82, 2.24) is 15.6 Å². The molecule has 2 aliphatic heterocycles. The summed E-state index contributed by atoms with van der Waals surface area (Å²) in [7, 11) is 0. The maximum Gasteiger partial charge on any atom is 0.128 e. The molecule has 5 nitrogen and oxygen atoms in total. The highest BCUT2D eigenvalue weighted by Gasteiger charge is 2.10. The Morgan fingerprint density at radius 3 is 2.19 bits per heavy atom. The third-order valence-corrected chi connectivity index (χ3v) is 6.58. The highest BCUT2D eigenvalue weighted by molar-refractivity contribution is 7.19. The summed E-state index contributed by atoms with van der Waals surface area (Å²) in [4.78, 5) is 13.8. The quantitative estimate of drug-likeness (QED) is 0.378. The van der Waals surface area contributed by atoms with Crippen molar-refractivity contribution in [1.29, 1.82) is 0 Å². The molecule has 4 aromatic rings. The molecule has 2 aromatic carbocycles. The van der Waals surface area contributed by atoms with Crippen molar-refractivity contribution in [2.75, 3.05) is 26.2 Å². The number of fused-ring (bicyclic) bond motifs is 2. The summed E-state index contributed by atoms with van der Waals surface area (Å²) in [6.07, 6.45) is 4.34. The average Bonchev–Trinajstić information content (AvgIpc) is 3.56. The van der Waals surface area contributed by atoms with Gasteiger partial charge in [-0.25, -0.2) is 0 Å². The van der Waals surface area contributed by atoms with Gasteiger partial charge in [0.2, 0.25) is 0 Å². The molecule has 0 saturated heterocycles. The first-order valence-electron chi connectivity index (χ1n) is 10.2. The second kappa shape index (κ2) is 9.36. The van der Waals surface area contributed by atoms with E-state index in [9.17, 15) is 0 Å². The van der Waals surface area contributed by atoms with E-state index in [1.807, 2.05) is 11.3 Å². The van der Waals surface area contributed by atoms with Crippen molar-refractivity contribution < 1.29 is 0 Å². The van der Waals surface area contributed by atoms with E-state index < -0.39 is 0 Å². The summed E-state index contributed by atoms with van der Waals surface area (Å²) in [6.45, 7) is 3.57. The molecule has 164 valence electrons. The van der Waals surface area contributed by atoms with E-state index in [-0.39, 0.29) is 24.8 Å². The van der Waals surface area contributed by atoms with Crippen LogP contribution in [0.1, 0.15) is 21.7 Å². The third-order valence-electron chi connectivity index (χ3n) is 5.50. The maximum absolute atomic E-state index is 4.53. The van der Waals surface area contributed by atoms with E-state index >= 15 is 0 Å². The molecule has 0 fully saturated rings. The smallest absolute Gasteiger partial charge is 0.128 e. The molecule has 32 heavy (non-hydrogen) atoms. The van der Waals surface area contributed by atoms with Gasteiger partial charge in [0, 0.05) is 50.4 Å². The second-order valence-electron chi connectivity index (χ2n) is 7.58. The largest absolute Gasteiger partial charge is 0.368 e. The van der Waals surface area contributed by atoms with Crippen LogP contribution in [0.4, 0.5) is 0 Å². The molecular formula is C24H23Cl2N5S. The number of nitrogens with one attached hydrogen (secondary N) is 3. The molecule has 2 aromatic heterocycles. The predicted molar refractivity (Wildman–Crippen MR) is 142 cm³/mol. The van der Waals surface area contributed by atoms with Crippen molar-refractivity contribution >= 4 is 81.0 Å². The zero-order chi connectivity index (χ0) is 19.9. The number of hydrogen-bond acceptors (Lipinski definition) is 5. The Kier molecular flexibility index (Phi) is 6.55. The minimum atomic E-state index is 0. The number of aliphatic imine (C=N–C) groups is 2. The Bertz CT molecular complexity index is 1260. The van der Waals surface area contributed by atoms with Gasteiger partial charge in [-0.15, -0.1) is 36.2 Å². The van der Waals surface area contributed by atoms with Gasteiger partial charge in [-0.1, -0.05) is 12.1 Å². The van der Waals surface area contributed by atoms with E-state index in [2.05, 4.69) is 86.3 Å². The summed E-state index contributed by atoms with van der Waals surface area (Å²) in [5.41, 5.74) is 4.54. The number of aromatic amines is 1. The van der Waals surface area contributed by atoms with Crippen LogP contribution in [0.5, 0.6) is 0 Å². The fraction of sp³-hybridized carbons (Fsp3) is 0.167. The first kappa shape index (κ1) is 22.4. The molecular weight excluding hydrogens is 461 g/mol. The first-order valence-corrected chi connectivity index (χ1v) is 11.1. The molecule has 0 bridgehead atoms. The van der Waals surface area contributed by atoms with Gasteiger partial charge < -0.3 is 15.6 Å². The Hall–Kier alpha value is -2.80. The van der Waals surface area contributed by atoms with Crippen molar-refractivity contribution in [3.05, 3.63) is 70.2 Å². The number of aromatic nitrogens is 1. The van der Waals surface area contributed by atoms with Crippen LogP contribution in [0.25, 0.3) is 33.1 Å². The van der Waals surface area contributed by atoms with Gasteiger partial charge in [-0.2, -0.15) is 0 Å². The fourth-order valence-electron chi connectivity index (χ4n) is 4.03. The number of rotatable bonds is 4. The van der Waals surface area contributed by atoms with E-state index in [0.717, 1.165) is 54.6 Å². The van der Waals surface area contributed by atoms with Crippen LogP contribution < -0.4 is 10.6 Å². The molecule has 2 aliphatic rings. The Labute approximate surface area is 202 Å². The minimum absolute atomic E-state index is 0. The summed E-state index contributed by atoms with van der Waals surface area (Å²) in [5.74, 6) is 2.00. The monoisotopic (exact) mass is 483 g/mol. The van der Waals surface area contributed by atoms with Crippen molar-refractivity contribution in [3.8, 4) is 0 Å². The molecule has 0 amide bonds. The normalized spacial score (nSPS) is 15.2. The van der Waals surface area contributed by atoms with Crippen LogP contribution in [0.2, 0.25) is 0 Å². The van der Waals surface area contributed by atoms with Crippen LogP contribution in [0.3, 0.4) is 0 Å². The topological polar surface area (TPSA) is 64.6 Å². The van der Waals surface area contributed by atoms with Gasteiger partial charge >= 0.3 is 0 Å². The van der Waals surface area contributed by atoms with Crippen LogP contribution in [0.15, 0.2) is 58.5 Å². The van der Waals surface area contributed by atoms with Crippen molar-refractivity contribution in [2.24, 2.45) is 9.98 Å². The first-order chi connectivity index (χ1) is 14.8. The third kappa shape index (κ3) is 4.26. The molecule has 6 rings (SSSR count). The lowest BCUT2D eigenvalue weighted by atomic mass is 10.1. The Balaban J connectivity index is 0.00000122. The highest BCUT2D eigenvalue weighted by atomic mass is 35.5. The van der Waals surface area contributed by atoms with Gasteiger partial charge in [0.25, 0.3) is 0 Å². The van der Waals surface area contributed by atoms with Crippen molar-refractivity contribution in [2.45, 2.75) is 0 Å². The zero-order valence-electron chi connectivity index (χ0n) is 17.2. The van der Waals surface area contributed by atoms with Gasteiger partial charge in [0.15, 0.2) is 0 Å². The van der Waals surface area contributed by atoms with Gasteiger partial charge in [-0.3, -0.25) is 9.98 Å². The Morgan fingerprint density at radius 2 is 1.47 bits per heavy atom. The SMILES string of the molecule is C(=C\c1cc2cc(C3=NCCN3)ccc2s1)/c1cc2ccc(C3=NCCN3)cc2[nH]1.Cl.Cl. The minimum Gasteiger partial charge on any atom is -0.368 e. The van der Waals surface area contributed by atoms with Crippen LogP contribution in [0, 0.1) is 0 Å². The average molecular weight is 484 g/mol. The number of amidine groups is 2. The number of halogens is 2. The molecule has 0 radical (unpaired) electrons. The summed E-state index contributed by atoms with van der Waals surface area (Å²) in [5, 5.41) is 9.16. The van der Waals surface area contributed by atoms with E-state index in [1.54, 1.807) is 0 Å². The van der Waals surface area contributed by atoms with Crippen molar-refractivity contribution in [3.63, 3.8) is 0 Å². The van der Waals surface area contributed by atoms with Crippen LogP contribution in [-0.4, -0.2) is 42.8 Å². The van der Waals surface area contributed by atoms with E-state index in [1.165, 1.54) is 25.9 Å². The molecule has 0 unspecified atom stereocenters. The predicted octanol–water partition coefficient (Wildman–Crippen LogP) is 5.10.